The van der Waals surface area contributed by atoms with Crippen molar-refractivity contribution in [3.8, 4) is 5.88 Å². The predicted molar refractivity (Wildman–Crippen MR) is 67.1 cm³/mol. The molecular formula is C12H23N3O2. The van der Waals surface area contributed by atoms with E-state index in [4.69, 9.17) is 9.84 Å². The zero-order valence-corrected chi connectivity index (χ0v) is 11.2. The van der Waals surface area contributed by atoms with Gasteiger partial charge in [0.1, 0.15) is 0 Å². The molecule has 1 rings (SSSR count). The maximum absolute atomic E-state index is 8.86. The molecule has 2 N–H and O–H groups in total. The Labute approximate surface area is 103 Å². The summed E-state index contributed by atoms with van der Waals surface area (Å²) in [7, 11) is 3.55. The Morgan fingerprint density at radius 1 is 1.53 bits per heavy atom. The van der Waals surface area contributed by atoms with E-state index in [0.717, 1.165) is 36.5 Å². The molecule has 0 saturated heterocycles. The molecule has 1 heterocycles. The Balaban J connectivity index is 2.74. The van der Waals surface area contributed by atoms with Gasteiger partial charge in [0, 0.05) is 26.2 Å². The molecule has 0 fully saturated rings. The van der Waals surface area contributed by atoms with Gasteiger partial charge < -0.3 is 15.2 Å². The van der Waals surface area contributed by atoms with Crippen LogP contribution in [0.4, 0.5) is 0 Å². The SMILES string of the molecule is CCc1nn(C)c(OC)c1CN[C@H](C)CCO. The summed E-state index contributed by atoms with van der Waals surface area (Å²) >= 11 is 0. The van der Waals surface area contributed by atoms with Gasteiger partial charge in [-0.1, -0.05) is 6.92 Å². The molecule has 98 valence electrons. The van der Waals surface area contributed by atoms with Crippen molar-refractivity contribution in [3.63, 3.8) is 0 Å². The molecule has 0 amide bonds. The van der Waals surface area contributed by atoms with E-state index in [1.807, 2.05) is 7.05 Å². The predicted octanol–water partition coefficient (Wildman–Crippen LogP) is 0.852. The van der Waals surface area contributed by atoms with Gasteiger partial charge in [0.05, 0.1) is 18.4 Å². The van der Waals surface area contributed by atoms with Crippen molar-refractivity contribution < 1.29 is 9.84 Å². The molecule has 1 aromatic rings. The van der Waals surface area contributed by atoms with Crippen molar-refractivity contribution in [3.05, 3.63) is 11.3 Å². The third-order valence-electron chi connectivity index (χ3n) is 2.89. The van der Waals surface area contributed by atoms with Crippen molar-refractivity contribution in [2.75, 3.05) is 13.7 Å². The fourth-order valence-corrected chi connectivity index (χ4v) is 1.89. The highest BCUT2D eigenvalue weighted by Crippen LogP contribution is 2.21. The average molecular weight is 241 g/mol. The lowest BCUT2D eigenvalue weighted by atomic mass is 10.1. The van der Waals surface area contributed by atoms with Crippen LogP contribution in [0.25, 0.3) is 0 Å². The second-order valence-electron chi connectivity index (χ2n) is 4.21. The summed E-state index contributed by atoms with van der Waals surface area (Å²) in [6.07, 6.45) is 1.65. The molecule has 0 spiro atoms. The monoisotopic (exact) mass is 241 g/mol. The second-order valence-corrected chi connectivity index (χ2v) is 4.21. The largest absolute Gasteiger partial charge is 0.481 e. The summed E-state index contributed by atoms with van der Waals surface area (Å²) in [4.78, 5) is 0. The highest BCUT2D eigenvalue weighted by Gasteiger charge is 2.15. The molecule has 5 heteroatoms. The van der Waals surface area contributed by atoms with Crippen LogP contribution in [-0.2, 0) is 20.0 Å². The van der Waals surface area contributed by atoms with Gasteiger partial charge in [-0.3, -0.25) is 0 Å². The van der Waals surface area contributed by atoms with Gasteiger partial charge in [-0.2, -0.15) is 5.10 Å². The first-order valence-electron chi connectivity index (χ1n) is 6.07. The minimum atomic E-state index is 0.207. The van der Waals surface area contributed by atoms with Crippen LogP contribution in [-0.4, -0.2) is 34.6 Å². The quantitative estimate of drug-likeness (QED) is 0.743. The molecule has 0 aliphatic heterocycles. The number of rotatable bonds is 7. The Hall–Kier alpha value is -1.07. The molecule has 5 nitrogen and oxygen atoms in total. The molecule has 0 aromatic carbocycles. The summed E-state index contributed by atoms with van der Waals surface area (Å²) in [5.41, 5.74) is 2.18. The van der Waals surface area contributed by atoms with E-state index >= 15 is 0 Å². The maximum Gasteiger partial charge on any atom is 0.216 e. The van der Waals surface area contributed by atoms with E-state index in [-0.39, 0.29) is 12.6 Å². The van der Waals surface area contributed by atoms with Crippen LogP contribution in [0.5, 0.6) is 5.88 Å². The normalized spacial score (nSPS) is 12.8. The van der Waals surface area contributed by atoms with Crippen molar-refractivity contribution in [1.82, 2.24) is 15.1 Å². The third-order valence-corrected chi connectivity index (χ3v) is 2.89. The van der Waals surface area contributed by atoms with Gasteiger partial charge in [0.25, 0.3) is 0 Å². The van der Waals surface area contributed by atoms with Crippen LogP contribution >= 0.6 is 0 Å². The Kier molecular flexibility index (Phi) is 5.44. The first-order chi connectivity index (χ1) is 8.13. The number of ether oxygens (including phenoxy) is 1. The summed E-state index contributed by atoms with van der Waals surface area (Å²) in [5.74, 6) is 0.811. The van der Waals surface area contributed by atoms with E-state index < -0.39 is 0 Å². The van der Waals surface area contributed by atoms with Gasteiger partial charge in [0.15, 0.2) is 0 Å². The number of methoxy groups -OCH3 is 1. The van der Waals surface area contributed by atoms with Crippen molar-refractivity contribution in [1.29, 1.82) is 0 Å². The summed E-state index contributed by atoms with van der Waals surface area (Å²) in [6.45, 7) is 5.08. The second kappa shape index (κ2) is 6.61. The van der Waals surface area contributed by atoms with Gasteiger partial charge in [-0.15, -0.1) is 0 Å². The maximum atomic E-state index is 8.86. The number of nitrogens with zero attached hydrogens (tertiary/aromatic N) is 2. The minimum Gasteiger partial charge on any atom is -0.481 e. The Morgan fingerprint density at radius 3 is 2.76 bits per heavy atom. The number of aliphatic hydroxyl groups excluding tert-OH is 1. The van der Waals surface area contributed by atoms with Crippen LogP contribution in [0.1, 0.15) is 31.5 Å². The van der Waals surface area contributed by atoms with E-state index in [1.54, 1.807) is 11.8 Å². The van der Waals surface area contributed by atoms with Crippen molar-refractivity contribution in [2.45, 2.75) is 39.3 Å². The molecule has 0 bridgehead atoms. The van der Waals surface area contributed by atoms with Gasteiger partial charge in [-0.05, 0) is 19.8 Å². The van der Waals surface area contributed by atoms with Crippen LogP contribution in [0.2, 0.25) is 0 Å². The number of aliphatic hydroxyl groups is 1. The van der Waals surface area contributed by atoms with E-state index in [2.05, 4.69) is 24.3 Å². The molecule has 1 aromatic heterocycles. The fraction of sp³-hybridized carbons (Fsp3) is 0.750. The molecule has 0 aliphatic carbocycles. The van der Waals surface area contributed by atoms with Gasteiger partial charge >= 0.3 is 0 Å². The van der Waals surface area contributed by atoms with Crippen LogP contribution in [0, 0.1) is 0 Å². The van der Waals surface area contributed by atoms with Crippen LogP contribution < -0.4 is 10.1 Å². The topological polar surface area (TPSA) is 59.3 Å². The van der Waals surface area contributed by atoms with E-state index in [1.165, 1.54) is 0 Å². The number of nitrogens with one attached hydrogen (secondary N) is 1. The zero-order chi connectivity index (χ0) is 12.8. The lowest BCUT2D eigenvalue weighted by molar-refractivity contribution is 0.268. The smallest absolute Gasteiger partial charge is 0.216 e. The standard InChI is InChI=1S/C12H23N3O2/c1-5-11-10(8-13-9(2)6-7-16)12(17-4)15(3)14-11/h9,13,16H,5-8H2,1-4H3/t9-/m1/s1. The highest BCUT2D eigenvalue weighted by atomic mass is 16.5. The molecule has 17 heavy (non-hydrogen) atoms. The van der Waals surface area contributed by atoms with Gasteiger partial charge in [0.2, 0.25) is 5.88 Å². The summed E-state index contributed by atoms with van der Waals surface area (Å²) < 4.78 is 7.13. The molecule has 0 radical (unpaired) electrons. The lowest BCUT2D eigenvalue weighted by Crippen LogP contribution is -2.26. The number of hydrogen-bond acceptors (Lipinski definition) is 4. The number of aryl methyl sites for hydroxylation is 2. The summed E-state index contributed by atoms with van der Waals surface area (Å²) in [6, 6.07) is 0.287. The van der Waals surface area contributed by atoms with E-state index in [9.17, 15) is 0 Å². The summed E-state index contributed by atoms with van der Waals surface area (Å²) in [5, 5.41) is 16.7. The Bertz CT molecular complexity index is 350. The fourth-order valence-electron chi connectivity index (χ4n) is 1.89. The first-order valence-corrected chi connectivity index (χ1v) is 6.07. The molecule has 0 saturated carbocycles. The minimum absolute atomic E-state index is 0.207. The molecular weight excluding hydrogens is 218 g/mol. The Morgan fingerprint density at radius 2 is 2.24 bits per heavy atom. The van der Waals surface area contributed by atoms with Crippen molar-refractivity contribution >= 4 is 0 Å². The lowest BCUT2D eigenvalue weighted by Gasteiger charge is -2.13. The van der Waals surface area contributed by atoms with Crippen LogP contribution in [0.15, 0.2) is 0 Å². The molecule has 0 aliphatic rings. The van der Waals surface area contributed by atoms with Crippen LogP contribution in [0.3, 0.4) is 0 Å². The molecule has 1 atom stereocenters. The third kappa shape index (κ3) is 3.44. The number of hydrogen-bond donors (Lipinski definition) is 2. The van der Waals surface area contributed by atoms with Gasteiger partial charge in [-0.25, -0.2) is 4.68 Å². The molecule has 0 unspecified atom stereocenters. The average Bonchev–Trinajstić information content (AvgIpc) is 2.62. The zero-order valence-electron chi connectivity index (χ0n) is 11.2. The highest BCUT2D eigenvalue weighted by molar-refractivity contribution is 5.31. The number of aromatic nitrogens is 2. The van der Waals surface area contributed by atoms with E-state index in [0.29, 0.717) is 0 Å². The first kappa shape index (κ1) is 14.0. The van der Waals surface area contributed by atoms with Crippen molar-refractivity contribution in [2.24, 2.45) is 7.05 Å².